The summed E-state index contributed by atoms with van der Waals surface area (Å²) in [5.41, 5.74) is 5.80. The molecule has 2 N–H and O–H groups in total. The average molecular weight is 304 g/mol. The molecule has 2 saturated heterocycles. The van der Waals surface area contributed by atoms with E-state index in [1.54, 1.807) is 0 Å². The average Bonchev–Trinajstić information content (AvgIpc) is 3.04. The van der Waals surface area contributed by atoms with E-state index < -0.39 is 0 Å². The lowest BCUT2D eigenvalue weighted by molar-refractivity contribution is -0.136. The fourth-order valence-corrected chi connectivity index (χ4v) is 3.92. The molecule has 5 nitrogen and oxygen atoms in total. The lowest BCUT2D eigenvalue weighted by Crippen LogP contribution is -2.48. The molecule has 1 amide bonds. The van der Waals surface area contributed by atoms with Gasteiger partial charge in [-0.15, -0.1) is 12.4 Å². The SMILES string of the molecule is CN1CCOC2CN(C(=O)[C@@H]3CCC[C@@H]3CN)CC21.Cl. The van der Waals surface area contributed by atoms with E-state index in [-0.39, 0.29) is 24.4 Å². The van der Waals surface area contributed by atoms with E-state index in [9.17, 15) is 4.79 Å². The molecule has 0 bridgehead atoms. The summed E-state index contributed by atoms with van der Waals surface area (Å²) in [5.74, 6) is 0.878. The number of ether oxygens (including phenoxy) is 1. The fourth-order valence-electron chi connectivity index (χ4n) is 3.92. The normalized spacial score (nSPS) is 37.6. The molecule has 2 aliphatic heterocycles. The van der Waals surface area contributed by atoms with Crippen molar-refractivity contribution < 1.29 is 9.53 Å². The number of nitrogens with zero attached hydrogens (tertiary/aromatic N) is 2. The van der Waals surface area contributed by atoms with Crippen LogP contribution in [0, 0.1) is 11.8 Å². The van der Waals surface area contributed by atoms with Crippen molar-refractivity contribution in [3.63, 3.8) is 0 Å². The summed E-state index contributed by atoms with van der Waals surface area (Å²) in [4.78, 5) is 17.0. The van der Waals surface area contributed by atoms with Crippen molar-refractivity contribution in [1.29, 1.82) is 0 Å². The maximum atomic E-state index is 12.7. The number of hydrogen-bond donors (Lipinski definition) is 1. The lowest BCUT2D eigenvalue weighted by atomic mass is 9.95. The Labute approximate surface area is 127 Å². The van der Waals surface area contributed by atoms with Crippen LogP contribution in [0.25, 0.3) is 0 Å². The van der Waals surface area contributed by atoms with Gasteiger partial charge in [0.05, 0.1) is 18.8 Å². The van der Waals surface area contributed by atoms with Crippen LogP contribution in [-0.2, 0) is 9.53 Å². The monoisotopic (exact) mass is 303 g/mol. The van der Waals surface area contributed by atoms with Gasteiger partial charge in [0.1, 0.15) is 0 Å². The molecule has 0 spiro atoms. The van der Waals surface area contributed by atoms with Crippen LogP contribution in [0.3, 0.4) is 0 Å². The fraction of sp³-hybridized carbons (Fsp3) is 0.929. The largest absolute Gasteiger partial charge is 0.373 e. The zero-order valence-corrected chi connectivity index (χ0v) is 13.0. The standard InChI is InChI=1S/C14H25N3O2.ClH/c1-16-5-6-19-13-9-17(8-12(13)16)14(18)11-4-2-3-10(11)7-15;/h10-13H,2-9,15H2,1H3;1H/t10-,11-,12?,13?;/m1./s1. The number of morpholine rings is 1. The van der Waals surface area contributed by atoms with Crippen LogP contribution in [-0.4, -0.2) is 67.7 Å². The Hall–Kier alpha value is -0.360. The van der Waals surface area contributed by atoms with E-state index in [1.165, 1.54) is 0 Å². The molecular weight excluding hydrogens is 278 g/mol. The van der Waals surface area contributed by atoms with Crippen LogP contribution in [0.2, 0.25) is 0 Å². The molecule has 1 aliphatic carbocycles. The van der Waals surface area contributed by atoms with E-state index in [4.69, 9.17) is 10.5 Å². The van der Waals surface area contributed by atoms with Gasteiger partial charge in [0.15, 0.2) is 0 Å². The summed E-state index contributed by atoms with van der Waals surface area (Å²) in [6.45, 7) is 4.00. The first-order chi connectivity index (χ1) is 9.20. The number of carbonyl (C=O) groups excluding carboxylic acids is 1. The Morgan fingerprint density at radius 1 is 1.35 bits per heavy atom. The minimum atomic E-state index is 0. The van der Waals surface area contributed by atoms with Crippen molar-refractivity contribution >= 4 is 18.3 Å². The summed E-state index contributed by atoms with van der Waals surface area (Å²) < 4.78 is 5.81. The highest BCUT2D eigenvalue weighted by Crippen LogP contribution is 2.34. The topological polar surface area (TPSA) is 58.8 Å². The second kappa shape index (κ2) is 6.60. The van der Waals surface area contributed by atoms with Gasteiger partial charge in [-0.05, 0) is 32.4 Å². The maximum Gasteiger partial charge on any atom is 0.226 e. The number of fused-ring (bicyclic) bond motifs is 1. The number of hydrogen-bond acceptors (Lipinski definition) is 4. The number of amides is 1. The van der Waals surface area contributed by atoms with Crippen molar-refractivity contribution in [2.45, 2.75) is 31.4 Å². The molecule has 2 unspecified atom stereocenters. The Balaban J connectivity index is 0.00000147. The molecule has 116 valence electrons. The Morgan fingerprint density at radius 3 is 2.85 bits per heavy atom. The number of carbonyl (C=O) groups is 1. The van der Waals surface area contributed by atoms with Crippen LogP contribution >= 0.6 is 12.4 Å². The van der Waals surface area contributed by atoms with Crippen molar-refractivity contribution in [2.24, 2.45) is 17.6 Å². The first-order valence-corrected chi connectivity index (χ1v) is 7.51. The number of rotatable bonds is 2. The van der Waals surface area contributed by atoms with Crippen LogP contribution in [0.15, 0.2) is 0 Å². The summed E-state index contributed by atoms with van der Waals surface area (Å²) in [6.07, 6.45) is 3.49. The molecule has 3 rings (SSSR count). The number of halogens is 1. The summed E-state index contributed by atoms with van der Waals surface area (Å²) >= 11 is 0. The lowest BCUT2D eigenvalue weighted by Gasteiger charge is -2.33. The molecule has 3 fully saturated rings. The van der Waals surface area contributed by atoms with Gasteiger partial charge in [-0.3, -0.25) is 9.69 Å². The van der Waals surface area contributed by atoms with Gasteiger partial charge in [0.2, 0.25) is 5.91 Å². The van der Waals surface area contributed by atoms with Gasteiger partial charge in [-0.25, -0.2) is 0 Å². The zero-order chi connectivity index (χ0) is 13.4. The van der Waals surface area contributed by atoms with Crippen LogP contribution in [0.1, 0.15) is 19.3 Å². The molecule has 0 aromatic carbocycles. The highest BCUT2D eigenvalue weighted by atomic mass is 35.5. The van der Waals surface area contributed by atoms with Crippen molar-refractivity contribution in [3.8, 4) is 0 Å². The summed E-state index contributed by atoms with van der Waals surface area (Å²) in [7, 11) is 2.13. The second-order valence-corrected chi connectivity index (χ2v) is 6.23. The highest BCUT2D eigenvalue weighted by Gasteiger charge is 2.43. The van der Waals surface area contributed by atoms with E-state index in [1.807, 2.05) is 4.90 Å². The third-order valence-corrected chi connectivity index (χ3v) is 5.17. The second-order valence-electron chi connectivity index (χ2n) is 6.23. The van der Waals surface area contributed by atoms with Crippen molar-refractivity contribution in [2.75, 3.05) is 39.8 Å². The van der Waals surface area contributed by atoms with E-state index in [0.29, 0.717) is 24.4 Å². The molecule has 3 aliphatic rings. The molecule has 0 aromatic rings. The van der Waals surface area contributed by atoms with Crippen molar-refractivity contribution in [3.05, 3.63) is 0 Å². The smallest absolute Gasteiger partial charge is 0.226 e. The molecule has 0 radical (unpaired) electrons. The molecule has 1 saturated carbocycles. The molecule has 2 heterocycles. The zero-order valence-electron chi connectivity index (χ0n) is 12.2. The maximum absolute atomic E-state index is 12.7. The van der Waals surface area contributed by atoms with E-state index in [2.05, 4.69) is 11.9 Å². The molecular formula is C14H26ClN3O2. The highest BCUT2D eigenvalue weighted by molar-refractivity contribution is 5.85. The van der Waals surface area contributed by atoms with Crippen LogP contribution in [0.5, 0.6) is 0 Å². The Kier molecular flexibility index (Phi) is 5.29. The molecule has 4 atom stereocenters. The van der Waals surface area contributed by atoms with Gasteiger partial charge in [-0.2, -0.15) is 0 Å². The van der Waals surface area contributed by atoms with E-state index >= 15 is 0 Å². The van der Waals surface area contributed by atoms with Crippen LogP contribution in [0.4, 0.5) is 0 Å². The minimum absolute atomic E-state index is 0. The number of likely N-dealkylation sites (tertiary alicyclic amines) is 1. The van der Waals surface area contributed by atoms with Gasteiger partial charge in [-0.1, -0.05) is 6.42 Å². The quantitative estimate of drug-likeness (QED) is 0.798. The third-order valence-electron chi connectivity index (χ3n) is 5.17. The van der Waals surface area contributed by atoms with Gasteiger partial charge in [0.25, 0.3) is 0 Å². The molecule has 20 heavy (non-hydrogen) atoms. The third kappa shape index (κ3) is 2.82. The summed E-state index contributed by atoms with van der Waals surface area (Å²) in [5, 5.41) is 0. The predicted octanol–water partition coefficient (Wildman–Crippen LogP) is 0.325. The Bertz CT molecular complexity index is 355. The first kappa shape index (κ1) is 16.0. The van der Waals surface area contributed by atoms with Gasteiger partial charge >= 0.3 is 0 Å². The Morgan fingerprint density at radius 2 is 2.15 bits per heavy atom. The molecule has 0 aromatic heterocycles. The summed E-state index contributed by atoms with van der Waals surface area (Å²) in [6, 6.07) is 0.385. The van der Waals surface area contributed by atoms with Gasteiger partial charge in [0, 0.05) is 25.6 Å². The van der Waals surface area contributed by atoms with Crippen molar-refractivity contribution in [1.82, 2.24) is 9.80 Å². The molecule has 6 heteroatoms. The minimum Gasteiger partial charge on any atom is -0.373 e. The van der Waals surface area contributed by atoms with Gasteiger partial charge < -0.3 is 15.4 Å². The number of nitrogens with two attached hydrogens (primary N) is 1. The first-order valence-electron chi connectivity index (χ1n) is 7.51. The van der Waals surface area contributed by atoms with E-state index in [0.717, 1.165) is 45.5 Å². The predicted molar refractivity (Wildman–Crippen MR) is 79.9 cm³/mol. The number of likely N-dealkylation sites (N-methyl/N-ethyl adjacent to an activating group) is 1. The van der Waals surface area contributed by atoms with Crippen LogP contribution < -0.4 is 5.73 Å².